The lowest BCUT2D eigenvalue weighted by atomic mass is 10.1. The van der Waals surface area contributed by atoms with E-state index in [2.05, 4.69) is 5.32 Å². The van der Waals surface area contributed by atoms with E-state index in [-0.39, 0.29) is 34.7 Å². The van der Waals surface area contributed by atoms with Crippen LogP contribution in [0.3, 0.4) is 0 Å². The minimum atomic E-state index is -5.10. The van der Waals surface area contributed by atoms with Crippen LogP contribution < -0.4 is 9.84 Å². The molecule has 4 aromatic carbocycles. The van der Waals surface area contributed by atoms with Gasteiger partial charge in [-0.15, -0.1) is 0 Å². The number of rotatable bonds is 8. The molecule has 0 heterocycles. The molecule has 4 rings (SSSR count). The SMILES string of the molecule is O=C(Nc1cc(C(F)(F)F)cc(C(F)(F)F)c1)c1cc(Cl)ccc1OP(=O)(Cc1ccccc1)Cc1ccccc1. The molecule has 1 N–H and O–H groups in total. The molecular formula is C29H21ClF6NO3P. The van der Waals surface area contributed by atoms with Crippen molar-refractivity contribution in [3.05, 3.63) is 130 Å². The van der Waals surface area contributed by atoms with E-state index in [1.807, 2.05) is 0 Å². The van der Waals surface area contributed by atoms with E-state index in [1.54, 1.807) is 60.7 Å². The second-order valence-corrected chi connectivity index (χ2v) is 12.0. The first-order valence-corrected chi connectivity index (χ1v) is 14.4. The van der Waals surface area contributed by atoms with Crippen LogP contribution in [0.5, 0.6) is 5.75 Å². The van der Waals surface area contributed by atoms with Crippen molar-refractivity contribution < 1.29 is 40.2 Å². The molecule has 0 aromatic heterocycles. The van der Waals surface area contributed by atoms with Crippen LogP contribution in [-0.2, 0) is 29.2 Å². The second kappa shape index (κ2) is 12.0. The van der Waals surface area contributed by atoms with E-state index < -0.39 is 42.4 Å². The first-order chi connectivity index (χ1) is 19.2. The fourth-order valence-corrected chi connectivity index (χ4v) is 6.47. The maximum atomic E-state index is 14.2. The summed E-state index contributed by atoms with van der Waals surface area (Å²) in [7, 11) is -3.63. The number of alkyl halides is 6. The number of hydrogen-bond acceptors (Lipinski definition) is 3. The molecule has 0 fully saturated rings. The van der Waals surface area contributed by atoms with Crippen LogP contribution in [0.4, 0.5) is 32.0 Å². The zero-order valence-corrected chi connectivity index (χ0v) is 22.6. The summed E-state index contributed by atoms with van der Waals surface area (Å²) in [6.45, 7) is 0. The maximum absolute atomic E-state index is 14.2. The average molecular weight is 612 g/mol. The van der Waals surface area contributed by atoms with Gasteiger partial charge in [0, 0.05) is 10.7 Å². The molecule has 4 nitrogen and oxygen atoms in total. The lowest BCUT2D eigenvalue weighted by molar-refractivity contribution is -0.143. The Hall–Kier alpha value is -3.75. The molecule has 0 unspecified atom stereocenters. The van der Waals surface area contributed by atoms with Gasteiger partial charge in [0.2, 0.25) is 0 Å². The smallest absolute Gasteiger partial charge is 0.416 e. The topological polar surface area (TPSA) is 55.4 Å². The van der Waals surface area contributed by atoms with Crippen molar-refractivity contribution >= 4 is 30.6 Å². The van der Waals surface area contributed by atoms with E-state index in [1.165, 1.54) is 12.1 Å². The van der Waals surface area contributed by atoms with Gasteiger partial charge in [-0.3, -0.25) is 9.36 Å². The third kappa shape index (κ3) is 8.15. The molecule has 214 valence electrons. The Balaban J connectivity index is 1.70. The van der Waals surface area contributed by atoms with Crippen molar-refractivity contribution in [2.24, 2.45) is 0 Å². The Bertz CT molecular complexity index is 1500. The predicted octanol–water partition coefficient (Wildman–Crippen LogP) is 9.69. The third-order valence-corrected chi connectivity index (χ3v) is 8.29. The first-order valence-electron chi connectivity index (χ1n) is 12.0. The Morgan fingerprint density at radius 2 is 1.22 bits per heavy atom. The Morgan fingerprint density at radius 1 is 0.732 bits per heavy atom. The van der Waals surface area contributed by atoms with Crippen molar-refractivity contribution in [1.82, 2.24) is 0 Å². The highest BCUT2D eigenvalue weighted by Crippen LogP contribution is 2.54. The fourth-order valence-electron chi connectivity index (χ4n) is 4.01. The predicted molar refractivity (Wildman–Crippen MR) is 144 cm³/mol. The summed E-state index contributed by atoms with van der Waals surface area (Å²) < 4.78 is 100. The molecule has 0 aliphatic rings. The number of benzene rings is 4. The number of carbonyl (C=O) groups is 1. The molecule has 1 amide bonds. The van der Waals surface area contributed by atoms with E-state index in [0.29, 0.717) is 23.3 Å². The molecule has 4 aromatic rings. The molecule has 41 heavy (non-hydrogen) atoms. The van der Waals surface area contributed by atoms with Crippen molar-refractivity contribution in [3.8, 4) is 5.75 Å². The summed E-state index contributed by atoms with van der Waals surface area (Å²) >= 11 is 6.06. The van der Waals surface area contributed by atoms with E-state index in [4.69, 9.17) is 16.1 Å². The number of nitrogens with one attached hydrogen (secondary N) is 1. The Labute approximate surface area is 236 Å². The summed E-state index contributed by atoms with van der Waals surface area (Å²) in [4.78, 5) is 13.2. The van der Waals surface area contributed by atoms with Crippen molar-refractivity contribution in [2.45, 2.75) is 24.7 Å². The van der Waals surface area contributed by atoms with Gasteiger partial charge in [0.1, 0.15) is 5.75 Å². The molecule has 0 saturated carbocycles. The van der Waals surface area contributed by atoms with Crippen LogP contribution in [0.15, 0.2) is 97.1 Å². The average Bonchev–Trinajstić information content (AvgIpc) is 2.89. The molecule has 12 heteroatoms. The largest absolute Gasteiger partial charge is 0.441 e. The highest BCUT2D eigenvalue weighted by atomic mass is 35.5. The summed E-state index contributed by atoms with van der Waals surface area (Å²) in [5, 5.41) is 2.10. The minimum Gasteiger partial charge on any atom is -0.441 e. The standard InChI is InChI=1S/C29H21ClF6NO3P/c30-23-11-12-26(40-41(39,17-19-7-3-1-4-8-19)18-20-9-5-2-6-10-20)25(16-23)27(38)37-24-14-21(28(31,32)33)13-22(15-24)29(34,35)36/h1-16H,17-18H2,(H,37,38). The molecule has 0 radical (unpaired) electrons. The van der Waals surface area contributed by atoms with Gasteiger partial charge >= 0.3 is 12.4 Å². The summed E-state index contributed by atoms with van der Waals surface area (Å²) in [6, 6.07) is 22.1. The molecule has 0 atom stereocenters. The van der Waals surface area contributed by atoms with Crippen LogP contribution >= 0.6 is 19.0 Å². The fraction of sp³-hybridized carbons (Fsp3) is 0.138. The minimum absolute atomic E-state index is 0.0189. The van der Waals surface area contributed by atoms with Gasteiger partial charge < -0.3 is 9.84 Å². The summed E-state index contributed by atoms with van der Waals surface area (Å²) in [5.41, 5.74) is -2.89. The highest BCUT2D eigenvalue weighted by Gasteiger charge is 2.37. The van der Waals surface area contributed by atoms with E-state index in [9.17, 15) is 35.7 Å². The Kier molecular flexibility index (Phi) is 8.85. The second-order valence-electron chi connectivity index (χ2n) is 9.08. The third-order valence-electron chi connectivity index (χ3n) is 5.83. The van der Waals surface area contributed by atoms with Gasteiger partial charge in [-0.05, 0) is 47.5 Å². The molecule has 0 bridgehead atoms. The monoisotopic (exact) mass is 611 g/mol. The Morgan fingerprint density at radius 3 is 1.68 bits per heavy atom. The van der Waals surface area contributed by atoms with Gasteiger partial charge in [-0.2, -0.15) is 26.3 Å². The zero-order chi connectivity index (χ0) is 29.8. The van der Waals surface area contributed by atoms with Crippen LogP contribution in [0.1, 0.15) is 32.6 Å². The number of amides is 1. The van der Waals surface area contributed by atoms with Crippen LogP contribution in [0, 0.1) is 0 Å². The van der Waals surface area contributed by atoms with Crippen molar-refractivity contribution in [3.63, 3.8) is 0 Å². The zero-order valence-electron chi connectivity index (χ0n) is 21.0. The van der Waals surface area contributed by atoms with Gasteiger partial charge in [0.15, 0.2) is 0 Å². The number of halogens is 7. The molecule has 0 aliphatic heterocycles. The van der Waals surface area contributed by atoms with Crippen LogP contribution in [0.2, 0.25) is 5.02 Å². The van der Waals surface area contributed by atoms with E-state index >= 15 is 0 Å². The lowest BCUT2D eigenvalue weighted by Gasteiger charge is -2.22. The van der Waals surface area contributed by atoms with Gasteiger partial charge in [-0.25, -0.2) is 0 Å². The first kappa shape index (κ1) is 30.2. The quantitative estimate of drug-likeness (QED) is 0.159. The molecule has 0 aliphatic carbocycles. The summed E-state index contributed by atoms with van der Waals surface area (Å²) in [6.07, 6.45) is -10.2. The van der Waals surface area contributed by atoms with Crippen molar-refractivity contribution in [2.75, 3.05) is 5.32 Å². The van der Waals surface area contributed by atoms with Crippen molar-refractivity contribution in [1.29, 1.82) is 0 Å². The number of anilines is 1. The number of hydrogen-bond donors (Lipinski definition) is 1. The van der Waals surface area contributed by atoms with Crippen LogP contribution in [-0.4, -0.2) is 5.91 Å². The maximum Gasteiger partial charge on any atom is 0.416 e. The van der Waals surface area contributed by atoms with Gasteiger partial charge in [-0.1, -0.05) is 72.3 Å². The lowest BCUT2D eigenvalue weighted by Crippen LogP contribution is -2.17. The van der Waals surface area contributed by atoms with E-state index in [0.717, 1.165) is 6.07 Å². The van der Waals surface area contributed by atoms with Gasteiger partial charge in [0.25, 0.3) is 13.3 Å². The normalized spacial score (nSPS) is 12.2. The highest BCUT2D eigenvalue weighted by molar-refractivity contribution is 7.57. The number of carbonyl (C=O) groups excluding carboxylic acids is 1. The van der Waals surface area contributed by atoms with Crippen LogP contribution in [0.25, 0.3) is 0 Å². The molecule has 0 saturated heterocycles. The summed E-state index contributed by atoms with van der Waals surface area (Å²) in [5.74, 6) is -1.31. The molecule has 0 spiro atoms. The molecular weight excluding hydrogens is 591 g/mol. The van der Waals surface area contributed by atoms with Gasteiger partial charge in [0.05, 0.1) is 29.0 Å².